The number of piperidine rings is 1. The monoisotopic (exact) mass is 577 g/mol. The maximum absolute atomic E-state index is 13.2. The smallest absolute Gasteiger partial charge is 0.416 e. The Morgan fingerprint density at radius 2 is 1.55 bits per heavy atom. The number of aryl methyl sites for hydroxylation is 1. The van der Waals surface area contributed by atoms with Crippen LogP contribution in [-0.4, -0.2) is 69.8 Å². The molecule has 0 saturated carbocycles. The van der Waals surface area contributed by atoms with Gasteiger partial charge in [0.1, 0.15) is 5.52 Å². The number of carbonyl (C=O) groups is 1. The number of benzene rings is 2. The Bertz CT molecular complexity index is 1520. The van der Waals surface area contributed by atoms with Crippen LogP contribution in [0.2, 0.25) is 0 Å². The molecule has 0 aliphatic carbocycles. The number of alkyl halides is 3. The van der Waals surface area contributed by atoms with Crippen LogP contribution in [0.15, 0.2) is 65.2 Å². The minimum Gasteiger partial charge on any atom is -0.432 e. The second-order valence-corrected chi connectivity index (χ2v) is 11.4. The summed E-state index contributed by atoms with van der Waals surface area (Å²) in [5, 5.41) is 0. The molecule has 0 N–H and O–H groups in total. The van der Waals surface area contributed by atoms with Crippen molar-refractivity contribution in [3.05, 3.63) is 94.6 Å². The number of piperazine rings is 1. The minimum absolute atomic E-state index is 0.0971. The molecule has 0 bridgehead atoms. The van der Waals surface area contributed by atoms with Crippen LogP contribution in [0.1, 0.15) is 57.4 Å². The lowest BCUT2D eigenvalue weighted by molar-refractivity contribution is -0.137. The maximum atomic E-state index is 13.2. The molecule has 2 aliphatic rings. The molecular formula is C32H34F3N5O2. The molecule has 1 amide bonds. The van der Waals surface area contributed by atoms with E-state index in [1.54, 1.807) is 4.90 Å². The van der Waals surface area contributed by atoms with Gasteiger partial charge in [0.25, 0.3) is 5.89 Å². The normalized spacial score (nSPS) is 17.7. The Labute approximate surface area is 242 Å². The average molecular weight is 578 g/mol. The summed E-state index contributed by atoms with van der Waals surface area (Å²) in [7, 11) is 0. The van der Waals surface area contributed by atoms with Crippen LogP contribution in [0.5, 0.6) is 0 Å². The van der Waals surface area contributed by atoms with Gasteiger partial charge in [0.15, 0.2) is 5.58 Å². The molecule has 2 fully saturated rings. The molecule has 2 saturated heterocycles. The predicted molar refractivity (Wildman–Crippen MR) is 153 cm³/mol. The van der Waals surface area contributed by atoms with E-state index in [-0.39, 0.29) is 11.8 Å². The van der Waals surface area contributed by atoms with E-state index < -0.39 is 11.7 Å². The molecule has 4 aromatic rings. The van der Waals surface area contributed by atoms with Gasteiger partial charge in [-0.2, -0.15) is 13.2 Å². The van der Waals surface area contributed by atoms with Crippen molar-refractivity contribution in [3.8, 4) is 0 Å². The van der Waals surface area contributed by atoms with Crippen LogP contribution in [0.4, 0.5) is 13.2 Å². The van der Waals surface area contributed by atoms with Gasteiger partial charge >= 0.3 is 12.1 Å². The van der Waals surface area contributed by atoms with E-state index in [2.05, 4.69) is 44.0 Å². The molecule has 4 heterocycles. The first kappa shape index (κ1) is 28.4. The number of aromatic nitrogens is 2. The van der Waals surface area contributed by atoms with Gasteiger partial charge in [0, 0.05) is 51.2 Å². The Hall–Kier alpha value is -3.76. The number of likely N-dealkylation sites (tertiary alicyclic amines) is 1. The summed E-state index contributed by atoms with van der Waals surface area (Å²) in [4.78, 5) is 28.5. The minimum atomic E-state index is -4.34. The van der Waals surface area contributed by atoms with E-state index in [0.29, 0.717) is 49.7 Å². The van der Waals surface area contributed by atoms with Gasteiger partial charge in [-0.25, -0.2) is 4.98 Å². The fraction of sp³-hybridized carbons (Fsp3) is 0.406. The zero-order valence-electron chi connectivity index (χ0n) is 23.6. The molecular weight excluding hydrogens is 543 g/mol. The lowest BCUT2D eigenvalue weighted by Gasteiger charge is -2.34. The van der Waals surface area contributed by atoms with Crippen LogP contribution in [0.25, 0.3) is 11.1 Å². The quantitative estimate of drug-likeness (QED) is 0.285. The average Bonchev–Trinajstić information content (AvgIpc) is 3.42. The number of pyridine rings is 1. The van der Waals surface area contributed by atoms with Gasteiger partial charge in [-0.15, -0.1) is 0 Å². The van der Waals surface area contributed by atoms with E-state index in [9.17, 15) is 18.0 Å². The summed E-state index contributed by atoms with van der Waals surface area (Å²) in [6, 6.07) is 15.5. The van der Waals surface area contributed by atoms with Gasteiger partial charge in [-0.3, -0.25) is 19.6 Å². The van der Waals surface area contributed by atoms with Crippen molar-refractivity contribution in [2.75, 3.05) is 39.3 Å². The summed E-state index contributed by atoms with van der Waals surface area (Å²) in [6.07, 6.45) is -0.257. The second-order valence-electron chi connectivity index (χ2n) is 11.4. The zero-order chi connectivity index (χ0) is 29.3. The third-order valence-electron chi connectivity index (χ3n) is 8.38. The highest BCUT2D eigenvalue weighted by atomic mass is 19.4. The summed E-state index contributed by atoms with van der Waals surface area (Å²) in [5.41, 5.74) is 4.96. The number of hydrogen-bond donors (Lipinski definition) is 0. The Morgan fingerprint density at radius 1 is 0.881 bits per heavy atom. The van der Waals surface area contributed by atoms with Crippen LogP contribution in [0, 0.1) is 6.92 Å². The molecule has 0 radical (unpaired) electrons. The van der Waals surface area contributed by atoms with Crippen molar-refractivity contribution in [1.82, 2.24) is 24.7 Å². The van der Waals surface area contributed by atoms with Crippen LogP contribution in [-0.2, 0) is 19.3 Å². The number of fused-ring (bicyclic) bond motifs is 1. The van der Waals surface area contributed by atoms with E-state index in [0.717, 1.165) is 55.9 Å². The van der Waals surface area contributed by atoms with E-state index in [4.69, 9.17) is 4.42 Å². The first-order chi connectivity index (χ1) is 20.2. The van der Waals surface area contributed by atoms with Crippen molar-refractivity contribution in [1.29, 1.82) is 0 Å². The number of rotatable bonds is 6. The highest BCUT2D eigenvalue weighted by molar-refractivity contribution is 5.92. The number of oxazole rings is 1. The lowest BCUT2D eigenvalue weighted by Crippen LogP contribution is -2.48. The zero-order valence-corrected chi connectivity index (χ0v) is 23.6. The summed E-state index contributed by atoms with van der Waals surface area (Å²) in [5.74, 6) is 0.302. The first-order valence-electron chi connectivity index (χ1n) is 14.4. The number of hydrogen-bond acceptors (Lipinski definition) is 6. The molecule has 42 heavy (non-hydrogen) atoms. The third-order valence-corrected chi connectivity index (χ3v) is 8.38. The number of halogens is 3. The summed E-state index contributed by atoms with van der Waals surface area (Å²) < 4.78 is 44.3. The van der Waals surface area contributed by atoms with Gasteiger partial charge in [0.05, 0.1) is 5.56 Å². The predicted octanol–water partition coefficient (Wildman–Crippen LogP) is 5.89. The Morgan fingerprint density at radius 3 is 2.21 bits per heavy atom. The number of nitrogens with zero attached hydrogens (tertiary/aromatic N) is 5. The molecule has 10 heteroatoms. The van der Waals surface area contributed by atoms with Crippen molar-refractivity contribution >= 4 is 17.0 Å². The number of carbonyl (C=O) groups excluding carboxylic acids is 1. The SMILES string of the molecule is Cc1ccc(CN2CCC(c3ccc4oc(C(=O)N5CCN(Cc6ccc(C(F)(F)F)cc6)CC5)nc4c3)CC2)cn1. The molecule has 220 valence electrons. The second kappa shape index (κ2) is 11.9. The molecule has 7 nitrogen and oxygen atoms in total. The van der Waals surface area contributed by atoms with Gasteiger partial charge in [-0.05, 0) is 85.8 Å². The highest BCUT2D eigenvalue weighted by Gasteiger charge is 2.30. The van der Waals surface area contributed by atoms with Crippen molar-refractivity contribution < 1.29 is 22.4 Å². The standard InChI is InChI=1S/C32H34F3N5O2/c1-22-2-3-24(19-36-22)21-38-12-10-25(11-13-38)26-6-9-29-28(18-26)37-30(42-29)31(41)40-16-14-39(15-17-40)20-23-4-7-27(8-5-23)32(33,34)35/h2-9,18-19,25H,10-17,20-21H2,1H3. The molecule has 2 aromatic carbocycles. The molecule has 0 unspecified atom stereocenters. The van der Waals surface area contributed by atoms with E-state index in [1.165, 1.54) is 23.3 Å². The fourth-order valence-corrected chi connectivity index (χ4v) is 5.87. The van der Waals surface area contributed by atoms with Gasteiger partial charge < -0.3 is 9.32 Å². The third kappa shape index (κ3) is 6.50. The first-order valence-corrected chi connectivity index (χ1v) is 14.4. The summed E-state index contributed by atoms with van der Waals surface area (Å²) >= 11 is 0. The largest absolute Gasteiger partial charge is 0.432 e. The molecule has 6 rings (SSSR count). The number of amides is 1. The lowest BCUT2D eigenvalue weighted by atomic mass is 9.89. The van der Waals surface area contributed by atoms with Crippen molar-refractivity contribution in [3.63, 3.8) is 0 Å². The summed E-state index contributed by atoms with van der Waals surface area (Å²) in [6.45, 7) is 7.73. The van der Waals surface area contributed by atoms with E-state index >= 15 is 0 Å². The van der Waals surface area contributed by atoms with E-state index in [1.807, 2.05) is 19.2 Å². The van der Waals surface area contributed by atoms with Crippen molar-refractivity contribution in [2.24, 2.45) is 0 Å². The Balaban J connectivity index is 1.02. The Kier molecular flexibility index (Phi) is 8.00. The van der Waals surface area contributed by atoms with Crippen LogP contribution >= 0.6 is 0 Å². The van der Waals surface area contributed by atoms with Gasteiger partial charge in [-0.1, -0.05) is 24.3 Å². The molecule has 2 aromatic heterocycles. The molecule has 2 aliphatic heterocycles. The van der Waals surface area contributed by atoms with Crippen molar-refractivity contribution in [2.45, 2.75) is 44.9 Å². The van der Waals surface area contributed by atoms with Crippen LogP contribution < -0.4 is 0 Å². The van der Waals surface area contributed by atoms with Crippen LogP contribution in [0.3, 0.4) is 0 Å². The topological polar surface area (TPSA) is 65.7 Å². The molecule has 0 atom stereocenters. The molecule has 0 spiro atoms. The fourth-order valence-electron chi connectivity index (χ4n) is 5.87. The maximum Gasteiger partial charge on any atom is 0.416 e. The van der Waals surface area contributed by atoms with Gasteiger partial charge in [0.2, 0.25) is 0 Å². The highest BCUT2D eigenvalue weighted by Crippen LogP contribution is 2.32.